The number of carbonyl (C=O) groups is 1. The fourth-order valence-corrected chi connectivity index (χ4v) is 2.86. The van der Waals surface area contributed by atoms with Gasteiger partial charge in [-0.2, -0.15) is 0 Å². The molecule has 0 aromatic carbocycles. The Bertz CT molecular complexity index is 329. The van der Waals surface area contributed by atoms with Crippen LogP contribution in [0.25, 0.3) is 0 Å². The first-order valence-electron chi connectivity index (χ1n) is 7.65. The number of nitrogens with zero attached hydrogens (tertiary/aromatic N) is 1. The van der Waals surface area contributed by atoms with Crippen molar-refractivity contribution in [2.24, 2.45) is 11.1 Å². The van der Waals surface area contributed by atoms with Crippen molar-refractivity contribution >= 4 is 5.78 Å². The zero-order chi connectivity index (χ0) is 15.6. The maximum Gasteiger partial charge on any atom is 0.294 e. The van der Waals surface area contributed by atoms with Crippen LogP contribution in [0.2, 0.25) is 0 Å². The third-order valence-corrected chi connectivity index (χ3v) is 4.06. The van der Waals surface area contributed by atoms with Crippen LogP contribution >= 0.6 is 0 Å². The van der Waals surface area contributed by atoms with Gasteiger partial charge in [0.25, 0.3) is 5.09 Å². The van der Waals surface area contributed by atoms with E-state index < -0.39 is 5.09 Å². The number of rotatable bonds is 11. The van der Waals surface area contributed by atoms with Gasteiger partial charge in [-0.25, -0.2) is 0 Å². The lowest BCUT2D eigenvalue weighted by molar-refractivity contribution is -0.757. The van der Waals surface area contributed by atoms with E-state index in [0.29, 0.717) is 32.4 Å². The molecule has 0 atom stereocenters. The van der Waals surface area contributed by atoms with Crippen molar-refractivity contribution in [2.45, 2.75) is 51.4 Å². The van der Waals surface area contributed by atoms with Crippen molar-refractivity contribution in [3.05, 3.63) is 10.1 Å². The van der Waals surface area contributed by atoms with Crippen molar-refractivity contribution in [3.63, 3.8) is 0 Å². The summed E-state index contributed by atoms with van der Waals surface area (Å²) in [7, 11) is 0. The average molecular weight is 302 g/mol. The number of ketones is 1. The van der Waals surface area contributed by atoms with Crippen LogP contribution in [-0.2, 0) is 14.4 Å². The Morgan fingerprint density at radius 3 is 2.48 bits per heavy atom. The van der Waals surface area contributed by atoms with Gasteiger partial charge in [-0.3, -0.25) is 4.79 Å². The van der Waals surface area contributed by atoms with E-state index in [4.69, 9.17) is 10.5 Å². The Morgan fingerprint density at radius 1 is 1.19 bits per heavy atom. The van der Waals surface area contributed by atoms with Crippen molar-refractivity contribution in [1.29, 1.82) is 0 Å². The molecule has 0 amide bonds. The van der Waals surface area contributed by atoms with E-state index in [2.05, 4.69) is 4.84 Å². The zero-order valence-corrected chi connectivity index (χ0v) is 12.6. The molecule has 1 aliphatic rings. The lowest BCUT2D eigenvalue weighted by atomic mass is 9.71. The number of unbranched alkanes of at least 4 members (excludes halogenated alkanes) is 1. The molecule has 7 heteroatoms. The van der Waals surface area contributed by atoms with E-state index >= 15 is 0 Å². The van der Waals surface area contributed by atoms with Crippen LogP contribution < -0.4 is 5.73 Å². The van der Waals surface area contributed by atoms with E-state index in [9.17, 15) is 14.9 Å². The summed E-state index contributed by atoms with van der Waals surface area (Å²) < 4.78 is 5.32. The SMILES string of the molecule is NCC1(CC(=O)COCCCCO[N+](=O)[O-])CCCCC1. The minimum atomic E-state index is -0.805. The molecular formula is C14H26N2O5. The molecule has 7 nitrogen and oxygen atoms in total. The molecule has 0 spiro atoms. The van der Waals surface area contributed by atoms with E-state index in [-0.39, 0.29) is 24.4 Å². The molecule has 0 heterocycles. The quantitative estimate of drug-likeness (QED) is 0.355. The summed E-state index contributed by atoms with van der Waals surface area (Å²) in [6, 6.07) is 0. The molecule has 0 radical (unpaired) electrons. The summed E-state index contributed by atoms with van der Waals surface area (Å²) in [5, 5.41) is 9.12. The van der Waals surface area contributed by atoms with Gasteiger partial charge in [0.05, 0.1) is 6.61 Å². The third-order valence-electron chi connectivity index (χ3n) is 4.06. The first kappa shape index (κ1) is 17.8. The average Bonchev–Trinajstić information content (AvgIpc) is 2.47. The lowest BCUT2D eigenvalue weighted by Gasteiger charge is -2.35. The van der Waals surface area contributed by atoms with Crippen molar-refractivity contribution in [2.75, 3.05) is 26.4 Å². The van der Waals surface area contributed by atoms with Crippen LogP contribution in [0.15, 0.2) is 0 Å². The van der Waals surface area contributed by atoms with Gasteiger partial charge in [0, 0.05) is 13.0 Å². The van der Waals surface area contributed by atoms with Gasteiger partial charge in [0.15, 0.2) is 5.78 Å². The highest BCUT2D eigenvalue weighted by molar-refractivity contribution is 5.80. The smallest absolute Gasteiger partial charge is 0.294 e. The van der Waals surface area contributed by atoms with Crippen LogP contribution in [-0.4, -0.2) is 37.2 Å². The molecule has 21 heavy (non-hydrogen) atoms. The Labute approximate surface area is 125 Å². The van der Waals surface area contributed by atoms with E-state index in [1.807, 2.05) is 0 Å². The molecule has 0 aliphatic heterocycles. The number of hydrogen-bond donors (Lipinski definition) is 1. The molecule has 0 unspecified atom stereocenters. The number of Topliss-reactive ketones (excluding diaryl/α,β-unsaturated/α-hetero) is 1. The predicted octanol–water partition coefficient (Wildman–Crippen LogP) is 1.86. The second kappa shape index (κ2) is 9.68. The fraction of sp³-hybridized carbons (Fsp3) is 0.929. The fourth-order valence-electron chi connectivity index (χ4n) is 2.86. The summed E-state index contributed by atoms with van der Waals surface area (Å²) in [5.41, 5.74) is 5.84. The molecule has 122 valence electrons. The molecule has 0 saturated heterocycles. The first-order chi connectivity index (χ1) is 10.1. The van der Waals surface area contributed by atoms with Crippen LogP contribution in [0.4, 0.5) is 0 Å². The van der Waals surface area contributed by atoms with Gasteiger partial charge in [-0.1, -0.05) is 19.3 Å². The van der Waals surface area contributed by atoms with Crippen LogP contribution in [0.5, 0.6) is 0 Å². The van der Waals surface area contributed by atoms with Gasteiger partial charge in [0.1, 0.15) is 6.61 Å². The van der Waals surface area contributed by atoms with E-state index in [1.54, 1.807) is 0 Å². The van der Waals surface area contributed by atoms with Crippen molar-refractivity contribution < 1.29 is 19.5 Å². The van der Waals surface area contributed by atoms with E-state index in [1.165, 1.54) is 6.42 Å². The second-order valence-electron chi connectivity index (χ2n) is 5.80. The number of nitrogens with two attached hydrogens (primary N) is 1. The molecule has 2 N–H and O–H groups in total. The summed E-state index contributed by atoms with van der Waals surface area (Å²) in [6.45, 7) is 1.16. The molecule has 1 fully saturated rings. The van der Waals surface area contributed by atoms with Gasteiger partial charge in [0.2, 0.25) is 0 Å². The first-order valence-corrected chi connectivity index (χ1v) is 7.65. The van der Waals surface area contributed by atoms with Crippen LogP contribution in [0, 0.1) is 15.5 Å². The summed E-state index contributed by atoms with van der Waals surface area (Å²) in [4.78, 5) is 26.1. The van der Waals surface area contributed by atoms with Gasteiger partial charge < -0.3 is 15.3 Å². The number of ether oxygens (including phenoxy) is 1. The standard InChI is InChI=1S/C14H26N2O5/c15-12-14(6-2-1-3-7-14)10-13(17)11-20-8-4-5-9-21-16(18)19/h1-12,15H2. The van der Waals surface area contributed by atoms with Crippen LogP contribution in [0.3, 0.4) is 0 Å². The minimum absolute atomic E-state index is 0.0156. The third kappa shape index (κ3) is 7.38. The van der Waals surface area contributed by atoms with Gasteiger partial charge in [-0.05, 0) is 37.6 Å². The summed E-state index contributed by atoms with van der Waals surface area (Å²) in [6.07, 6.45) is 7.31. The topological polar surface area (TPSA) is 105 Å². The molecule has 1 aliphatic carbocycles. The zero-order valence-electron chi connectivity index (χ0n) is 12.6. The van der Waals surface area contributed by atoms with Gasteiger partial charge in [-0.15, -0.1) is 10.1 Å². The molecule has 0 aromatic rings. The van der Waals surface area contributed by atoms with Crippen LogP contribution in [0.1, 0.15) is 51.4 Å². The van der Waals surface area contributed by atoms with Gasteiger partial charge >= 0.3 is 0 Å². The molecule has 1 rings (SSSR count). The van der Waals surface area contributed by atoms with E-state index in [0.717, 1.165) is 25.7 Å². The molecule has 1 saturated carbocycles. The van der Waals surface area contributed by atoms with Crippen molar-refractivity contribution in [1.82, 2.24) is 0 Å². The lowest BCUT2D eigenvalue weighted by Crippen LogP contribution is -2.35. The molecular weight excluding hydrogens is 276 g/mol. The minimum Gasteiger partial charge on any atom is -0.374 e. The maximum atomic E-state index is 12.0. The number of hydrogen-bond acceptors (Lipinski definition) is 6. The normalized spacial score (nSPS) is 17.4. The highest BCUT2D eigenvalue weighted by Gasteiger charge is 2.32. The second-order valence-corrected chi connectivity index (χ2v) is 5.80. The Hall–Kier alpha value is -1.21. The number of carbonyl (C=O) groups excluding carboxylic acids is 1. The largest absolute Gasteiger partial charge is 0.374 e. The summed E-state index contributed by atoms with van der Waals surface area (Å²) >= 11 is 0. The van der Waals surface area contributed by atoms with Crippen molar-refractivity contribution in [3.8, 4) is 0 Å². The Morgan fingerprint density at radius 2 is 1.86 bits per heavy atom. The monoisotopic (exact) mass is 302 g/mol. The maximum absolute atomic E-state index is 12.0. The predicted molar refractivity (Wildman–Crippen MR) is 77.2 cm³/mol. The Kier molecular flexibility index (Phi) is 8.22. The molecule has 0 bridgehead atoms. The highest BCUT2D eigenvalue weighted by Crippen LogP contribution is 2.38. The highest BCUT2D eigenvalue weighted by atomic mass is 16.9. The Balaban J connectivity index is 2.09. The summed E-state index contributed by atoms with van der Waals surface area (Å²) in [5.74, 6) is 0.101. The molecule has 0 aromatic heterocycles.